The van der Waals surface area contributed by atoms with Crippen molar-refractivity contribution < 1.29 is 19.4 Å². The highest BCUT2D eigenvalue weighted by Crippen LogP contribution is 2.32. The zero-order valence-corrected chi connectivity index (χ0v) is 12.7. The number of ether oxygens (including phenoxy) is 2. The molecule has 1 rings (SSSR count). The van der Waals surface area contributed by atoms with Crippen molar-refractivity contribution in [1.82, 2.24) is 10.7 Å². The summed E-state index contributed by atoms with van der Waals surface area (Å²) in [5.74, 6) is -1.01. The number of hydrazone groups is 1. The summed E-state index contributed by atoms with van der Waals surface area (Å²) >= 11 is 4.93. The molecule has 1 aromatic rings. The number of hydrogen-bond donors (Lipinski definition) is 2. The zero-order chi connectivity index (χ0) is 15.8. The molecule has 0 radical (unpaired) electrons. The van der Waals surface area contributed by atoms with Gasteiger partial charge in [-0.05, 0) is 31.3 Å². The van der Waals surface area contributed by atoms with Crippen molar-refractivity contribution in [3.63, 3.8) is 0 Å². The van der Waals surface area contributed by atoms with Crippen LogP contribution in [-0.2, 0) is 0 Å². The van der Waals surface area contributed by atoms with Gasteiger partial charge in [-0.25, -0.2) is 0 Å². The van der Waals surface area contributed by atoms with E-state index in [1.807, 2.05) is 6.92 Å². The normalized spacial score (nSPS) is 10.2. The highest BCUT2D eigenvalue weighted by Gasteiger charge is 2.14. The smallest absolute Gasteiger partial charge is 0.186 e. The van der Waals surface area contributed by atoms with E-state index in [2.05, 4.69) is 15.8 Å². The van der Waals surface area contributed by atoms with Gasteiger partial charge in [0.05, 0.1) is 32.0 Å². The first-order valence-electron chi connectivity index (χ1n) is 6.08. The van der Waals surface area contributed by atoms with Crippen molar-refractivity contribution in [3.05, 3.63) is 23.3 Å². The molecule has 0 bridgehead atoms. The van der Waals surface area contributed by atoms with Gasteiger partial charge >= 0.3 is 0 Å². The standard InChI is InChI=1S/C13H17N3O4S/c1-4-14-13(21)16-15-7-8-5-6-9(19-2)11(20-3)10(8)12(17)18/h5-7H,4H2,1-3H3,(H,17,18)(H2,14,16,21)/p-1/b15-7-. The number of carbonyl (C=O) groups excluding carboxylic acids is 1. The third kappa shape index (κ3) is 4.32. The number of rotatable bonds is 6. The van der Waals surface area contributed by atoms with E-state index in [0.29, 0.717) is 23.0 Å². The van der Waals surface area contributed by atoms with E-state index in [0.717, 1.165) is 0 Å². The molecule has 0 aliphatic carbocycles. The number of carboxylic acid groups (broad SMARTS) is 1. The second-order valence-electron chi connectivity index (χ2n) is 3.78. The van der Waals surface area contributed by atoms with E-state index < -0.39 is 5.97 Å². The first kappa shape index (κ1) is 16.7. The molecule has 0 amide bonds. The minimum Gasteiger partial charge on any atom is -0.545 e. The van der Waals surface area contributed by atoms with Gasteiger partial charge in [-0.2, -0.15) is 5.10 Å². The lowest BCUT2D eigenvalue weighted by molar-refractivity contribution is -0.255. The Hall–Kier alpha value is -2.35. The third-order valence-electron chi connectivity index (χ3n) is 2.49. The van der Waals surface area contributed by atoms with Gasteiger partial charge in [0, 0.05) is 12.1 Å². The lowest BCUT2D eigenvalue weighted by atomic mass is 10.1. The van der Waals surface area contributed by atoms with Crippen LogP contribution in [0.5, 0.6) is 11.5 Å². The fourth-order valence-electron chi connectivity index (χ4n) is 1.62. The molecular formula is C13H16N3O4S-. The van der Waals surface area contributed by atoms with E-state index in [-0.39, 0.29) is 11.3 Å². The molecule has 0 saturated heterocycles. The monoisotopic (exact) mass is 310 g/mol. The quantitative estimate of drug-likeness (QED) is 0.430. The van der Waals surface area contributed by atoms with Crippen LogP contribution >= 0.6 is 12.2 Å². The number of nitrogens with one attached hydrogen (secondary N) is 2. The summed E-state index contributed by atoms with van der Waals surface area (Å²) in [4.78, 5) is 11.3. The Morgan fingerprint density at radius 3 is 2.67 bits per heavy atom. The Morgan fingerprint density at radius 1 is 1.43 bits per heavy atom. The molecule has 0 aromatic heterocycles. The lowest BCUT2D eigenvalue weighted by Gasteiger charge is -2.15. The lowest BCUT2D eigenvalue weighted by Crippen LogP contribution is -2.31. The van der Waals surface area contributed by atoms with E-state index in [4.69, 9.17) is 21.7 Å². The highest BCUT2D eigenvalue weighted by atomic mass is 32.1. The van der Waals surface area contributed by atoms with Gasteiger partial charge in [0.1, 0.15) is 0 Å². The highest BCUT2D eigenvalue weighted by molar-refractivity contribution is 7.80. The van der Waals surface area contributed by atoms with Crippen LogP contribution in [0.2, 0.25) is 0 Å². The van der Waals surface area contributed by atoms with E-state index >= 15 is 0 Å². The van der Waals surface area contributed by atoms with E-state index in [9.17, 15) is 9.90 Å². The Balaban J connectivity index is 3.10. The van der Waals surface area contributed by atoms with Gasteiger partial charge in [0.25, 0.3) is 0 Å². The molecule has 21 heavy (non-hydrogen) atoms. The minimum absolute atomic E-state index is 0.0794. The van der Waals surface area contributed by atoms with Crippen LogP contribution in [-0.4, -0.2) is 38.1 Å². The van der Waals surface area contributed by atoms with E-state index in [1.54, 1.807) is 6.07 Å². The number of hydrogen-bond acceptors (Lipinski definition) is 6. The predicted molar refractivity (Wildman–Crippen MR) is 80.9 cm³/mol. The summed E-state index contributed by atoms with van der Waals surface area (Å²) in [6.45, 7) is 2.54. The van der Waals surface area contributed by atoms with Crippen LogP contribution in [0.25, 0.3) is 0 Å². The predicted octanol–water partition coefficient (Wildman–Crippen LogP) is -0.115. The Bertz CT molecular complexity index is 561. The number of aromatic carboxylic acids is 1. The summed E-state index contributed by atoms with van der Waals surface area (Å²) in [6.07, 6.45) is 1.32. The van der Waals surface area contributed by atoms with Crippen LogP contribution < -0.4 is 25.3 Å². The van der Waals surface area contributed by atoms with Crippen molar-refractivity contribution in [3.8, 4) is 11.5 Å². The second kappa shape index (κ2) is 8.05. The molecule has 0 fully saturated rings. The molecule has 7 nitrogen and oxygen atoms in total. The molecule has 114 valence electrons. The van der Waals surface area contributed by atoms with Gasteiger partial charge in [-0.3, -0.25) is 5.43 Å². The number of methoxy groups -OCH3 is 2. The summed E-state index contributed by atoms with van der Waals surface area (Å²) in [5.41, 5.74) is 2.73. The van der Waals surface area contributed by atoms with E-state index in [1.165, 1.54) is 26.5 Å². The first-order chi connectivity index (χ1) is 10.0. The number of carbonyl (C=O) groups is 1. The molecule has 0 aliphatic heterocycles. The van der Waals surface area contributed by atoms with Gasteiger partial charge in [0.2, 0.25) is 0 Å². The summed E-state index contributed by atoms with van der Waals surface area (Å²) < 4.78 is 10.1. The summed E-state index contributed by atoms with van der Waals surface area (Å²) in [7, 11) is 2.77. The molecule has 0 aliphatic rings. The number of nitrogens with zero attached hydrogens (tertiary/aromatic N) is 1. The number of benzene rings is 1. The van der Waals surface area contributed by atoms with Gasteiger partial charge in [-0.15, -0.1) is 0 Å². The van der Waals surface area contributed by atoms with Crippen molar-refractivity contribution >= 4 is 29.5 Å². The molecular weight excluding hydrogens is 294 g/mol. The Morgan fingerprint density at radius 2 is 2.14 bits per heavy atom. The van der Waals surface area contributed by atoms with Gasteiger partial charge in [-0.1, -0.05) is 0 Å². The molecule has 8 heteroatoms. The maximum Gasteiger partial charge on any atom is 0.186 e. The fourth-order valence-corrected chi connectivity index (χ4v) is 1.82. The van der Waals surface area contributed by atoms with Crippen LogP contribution in [0, 0.1) is 0 Å². The van der Waals surface area contributed by atoms with Gasteiger partial charge < -0.3 is 24.7 Å². The fraction of sp³-hybridized carbons (Fsp3) is 0.308. The largest absolute Gasteiger partial charge is 0.545 e. The van der Waals surface area contributed by atoms with Crippen molar-refractivity contribution in [2.45, 2.75) is 6.92 Å². The van der Waals surface area contributed by atoms with Crippen molar-refractivity contribution in [2.24, 2.45) is 5.10 Å². The molecule has 0 unspecified atom stereocenters. The molecule has 1 aromatic carbocycles. The minimum atomic E-state index is -1.39. The van der Waals surface area contributed by atoms with Crippen LogP contribution in [0.1, 0.15) is 22.8 Å². The van der Waals surface area contributed by atoms with Crippen molar-refractivity contribution in [2.75, 3.05) is 20.8 Å². The SMILES string of the molecule is CCNC(=S)N/N=C\c1ccc(OC)c(OC)c1C(=O)[O-]. The average Bonchev–Trinajstić information content (AvgIpc) is 2.46. The Kier molecular flexibility index (Phi) is 6.41. The van der Waals surface area contributed by atoms with Crippen LogP contribution in [0.3, 0.4) is 0 Å². The summed E-state index contributed by atoms with van der Waals surface area (Å²) in [5, 5.41) is 18.4. The maximum absolute atomic E-state index is 11.3. The van der Waals surface area contributed by atoms with Crippen molar-refractivity contribution in [1.29, 1.82) is 0 Å². The molecule has 2 N–H and O–H groups in total. The molecule has 0 spiro atoms. The summed E-state index contributed by atoms with van der Waals surface area (Å²) in [6, 6.07) is 3.11. The number of carboxylic acids is 1. The molecule has 0 heterocycles. The zero-order valence-electron chi connectivity index (χ0n) is 11.9. The number of thiocarbonyl (C=S) groups is 1. The third-order valence-corrected chi connectivity index (χ3v) is 2.72. The average molecular weight is 310 g/mol. The van der Waals surface area contributed by atoms with Crippen LogP contribution in [0.15, 0.2) is 17.2 Å². The van der Waals surface area contributed by atoms with Crippen LogP contribution in [0.4, 0.5) is 0 Å². The molecule has 0 atom stereocenters. The first-order valence-corrected chi connectivity index (χ1v) is 6.49. The Labute approximate surface area is 127 Å². The second-order valence-corrected chi connectivity index (χ2v) is 4.19. The van der Waals surface area contributed by atoms with Gasteiger partial charge in [0.15, 0.2) is 16.6 Å². The maximum atomic E-state index is 11.3. The topological polar surface area (TPSA) is 95.0 Å². The molecule has 0 saturated carbocycles.